The van der Waals surface area contributed by atoms with Crippen LogP contribution in [0.25, 0.3) is 5.69 Å². The minimum Gasteiger partial charge on any atom is -0.478 e. The highest BCUT2D eigenvalue weighted by atomic mass is 16.4. The lowest BCUT2D eigenvalue weighted by Gasteiger charge is -2.06. The number of nitrogens with zero attached hydrogens (tertiary/aromatic N) is 3. The van der Waals surface area contributed by atoms with E-state index in [1.165, 1.54) is 12.3 Å². The Kier molecular flexibility index (Phi) is 2.63. The Labute approximate surface area is 97.6 Å². The smallest absolute Gasteiger partial charge is 0.335 e. The first-order valence-corrected chi connectivity index (χ1v) is 4.91. The third kappa shape index (κ3) is 1.88. The highest BCUT2D eigenvalue weighted by Gasteiger charge is 2.09. The molecule has 0 aliphatic rings. The number of hydrogen-bond acceptors (Lipinski definition) is 3. The molecule has 0 aliphatic heterocycles. The van der Waals surface area contributed by atoms with Gasteiger partial charge in [-0.1, -0.05) is 0 Å². The van der Waals surface area contributed by atoms with Crippen molar-refractivity contribution in [3.63, 3.8) is 0 Å². The summed E-state index contributed by atoms with van der Waals surface area (Å²) < 4.78 is 1.61. The third-order valence-corrected chi connectivity index (χ3v) is 2.46. The largest absolute Gasteiger partial charge is 0.478 e. The van der Waals surface area contributed by atoms with Gasteiger partial charge in [-0.05, 0) is 30.7 Å². The standard InChI is InChI=1S/C12H9N3O2/c1-8-6-9(2-3-10(8)12(16)17)15-5-4-14-11(15)7-13/h2-6H,1H3,(H,16,17). The van der Waals surface area contributed by atoms with E-state index in [2.05, 4.69) is 4.98 Å². The molecule has 0 atom stereocenters. The summed E-state index contributed by atoms with van der Waals surface area (Å²) in [4.78, 5) is 14.8. The summed E-state index contributed by atoms with van der Waals surface area (Å²) in [6.07, 6.45) is 3.19. The fourth-order valence-electron chi connectivity index (χ4n) is 1.63. The summed E-state index contributed by atoms with van der Waals surface area (Å²) in [5, 5.41) is 17.8. The molecule has 1 aromatic carbocycles. The Hall–Kier alpha value is -2.61. The van der Waals surface area contributed by atoms with Crippen molar-refractivity contribution in [3.8, 4) is 11.8 Å². The average Bonchev–Trinajstić information content (AvgIpc) is 2.76. The van der Waals surface area contributed by atoms with Gasteiger partial charge in [0.1, 0.15) is 6.07 Å². The Bertz CT molecular complexity index is 623. The molecule has 2 aromatic rings. The van der Waals surface area contributed by atoms with E-state index in [0.717, 1.165) is 5.69 Å². The van der Waals surface area contributed by atoms with E-state index in [4.69, 9.17) is 10.4 Å². The van der Waals surface area contributed by atoms with Crippen LogP contribution >= 0.6 is 0 Å². The highest BCUT2D eigenvalue weighted by Crippen LogP contribution is 2.16. The minimum atomic E-state index is -0.958. The number of nitriles is 1. The lowest BCUT2D eigenvalue weighted by atomic mass is 10.1. The van der Waals surface area contributed by atoms with E-state index in [1.54, 1.807) is 29.8 Å². The molecule has 0 spiro atoms. The van der Waals surface area contributed by atoms with Crippen LogP contribution in [0, 0.1) is 18.3 Å². The highest BCUT2D eigenvalue weighted by molar-refractivity contribution is 5.89. The van der Waals surface area contributed by atoms with E-state index in [0.29, 0.717) is 5.56 Å². The van der Waals surface area contributed by atoms with E-state index >= 15 is 0 Å². The zero-order valence-corrected chi connectivity index (χ0v) is 9.08. The Morgan fingerprint density at radius 3 is 2.88 bits per heavy atom. The number of hydrogen-bond donors (Lipinski definition) is 1. The molecule has 0 saturated carbocycles. The van der Waals surface area contributed by atoms with Crippen molar-refractivity contribution >= 4 is 5.97 Å². The number of aromatic carboxylic acids is 1. The molecule has 84 valence electrons. The van der Waals surface area contributed by atoms with E-state index < -0.39 is 5.97 Å². The van der Waals surface area contributed by atoms with Gasteiger partial charge in [0, 0.05) is 18.1 Å². The Morgan fingerprint density at radius 1 is 1.53 bits per heavy atom. The van der Waals surface area contributed by atoms with Crippen molar-refractivity contribution < 1.29 is 9.90 Å². The maximum Gasteiger partial charge on any atom is 0.335 e. The van der Waals surface area contributed by atoms with Crippen LogP contribution in [0.3, 0.4) is 0 Å². The molecule has 0 amide bonds. The van der Waals surface area contributed by atoms with Gasteiger partial charge in [0.2, 0.25) is 5.82 Å². The van der Waals surface area contributed by atoms with Crippen LogP contribution in [0.4, 0.5) is 0 Å². The normalized spacial score (nSPS) is 9.88. The second-order valence-electron chi connectivity index (χ2n) is 3.54. The summed E-state index contributed by atoms with van der Waals surface area (Å²) >= 11 is 0. The fourth-order valence-corrected chi connectivity index (χ4v) is 1.63. The zero-order chi connectivity index (χ0) is 12.4. The minimum absolute atomic E-state index is 0.257. The molecule has 5 heteroatoms. The lowest BCUT2D eigenvalue weighted by molar-refractivity contribution is 0.0696. The van der Waals surface area contributed by atoms with Crippen LogP contribution in [0.2, 0.25) is 0 Å². The van der Waals surface area contributed by atoms with Crippen LogP contribution in [0.5, 0.6) is 0 Å². The van der Waals surface area contributed by atoms with Gasteiger partial charge in [0.25, 0.3) is 0 Å². The number of carboxylic acids is 1. The molecule has 0 fully saturated rings. The predicted octanol–water partition coefficient (Wildman–Crippen LogP) is 1.75. The van der Waals surface area contributed by atoms with Crippen molar-refractivity contribution in [3.05, 3.63) is 47.5 Å². The number of carboxylic acid groups (broad SMARTS) is 1. The fraction of sp³-hybridized carbons (Fsp3) is 0.0833. The van der Waals surface area contributed by atoms with Gasteiger partial charge in [-0.25, -0.2) is 9.78 Å². The van der Waals surface area contributed by atoms with Crippen LogP contribution in [0.15, 0.2) is 30.6 Å². The first-order valence-electron chi connectivity index (χ1n) is 4.91. The van der Waals surface area contributed by atoms with Gasteiger partial charge in [-0.3, -0.25) is 4.57 Å². The summed E-state index contributed by atoms with van der Waals surface area (Å²) in [5.41, 5.74) is 1.63. The van der Waals surface area contributed by atoms with Crippen LogP contribution < -0.4 is 0 Å². The molecule has 0 bridgehead atoms. The number of aryl methyl sites for hydroxylation is 1. The van der Waals surface area contributed by atoms with E-state index in [9.17, 15) is 4.79 Å². The van der Waals surface area contributed by atoms with Crippen LogP contribution in [-0.4, -0.2) is 20.6 Å². The number of carbonyl (C=O) groups is 1. The predicted molar refractivity (Wildman–Crippen MR) is 60.0 cm³/mol. The molecule has 1 heterocycles. The Morgan fingerprint density at radius 2 is 2.29 bits per heavy atom. The average molecular weight is 227 g/mol. The maximum atomic E-state index is 10.9. The van der Waals surface area contributed by atoms with Gasteiger partial charge < -0.3 is 5.11 Å². The van der Waals surface area contributed by atoms with Gasteiger partial charge in [0.05, 0.1) is 5.56 Å². The van der Waals surface area contributed by atoms with Crippen LogP contribution in [0.1, 0.15) is 21.7 Å². The molecule has 17 heavy (non-hydrogen) atoms. The summed E-state index contributed by atoms with van der Waals surface area (Å²) in [7, 11) is 0. The van der Waals surface area contributed by atoms with Gasteiger partial charge >= 0.3 is 5.97 Å². The molecular weight excluding hydrogens is 218 g/mol. The molecule has 0 aliphatic carbocycles. The second kappa shape index (κ2) is 4.10. The molecule has 0 unspecified atom stereocenters. The first kappa shape index (κ1) is 10.9. The molecule has 0 saturated heterocycles. The first-order chi connectivity index (χ1) is 8.13. The quantitative estimate of drug-likeness (QED) is 0.847. The van der Waals surface area contributed by atoms with Gasteiger partial charge in [-0.15, -0.1) is 0 Å². The van der Waals surface area contributed by atoms with Gasteiger partial charge in [0.15, 0.2) is 0 Å². The maximum absolute atomic E-state index is 10.9. The van der Waals surface area contributed by atoms with Crippen molar-refractivity contribution in [2.45, 2.75) is 6.92 Å². The second-order valence-corrected chi connectivity index (χ2v) is 3.54. The number of benzene rings is 1. The third-order valence-electron chi connectivity index (χ3n) is 2.46. The molecule has 1 N–H and O–H groups in total. The number of aromatic nitrogens is 2. The topological polar surface area (TPSA) is 78.9 Å². The van der Waals surface area contributed by atoms with Crippen molar-refractivity contribution in [2.24, 2.45) is 0 Å². The van der Waals surface area contributed by atoms with Gasteiger partial charge in [-0.2, -0.15) is 5.26 Å². The summed E-state index contributed by atoms with van der Waals surface area (Å²) in [5.74, 6) is -0.687. The molecule has 1 aromatic heterocycles. The van der Waals surface area contributed by atoms with E-state index in [-0.39, 0.29) is 11.4 Å². The van der Waals surface area contributed by atoms with Crippen molar-refractivity contribution in [1.29, 1.82) is 5.26 Å². The van der Waals surface area contributed by atoms with Crippen molar-refractivity contribution in [1.82, 2.24) is 9.55 Å². The summed E-state index contributed by atoms with van der Waals surface area (Å²) in [6.45, 7) is 1.72. The number of imidazole rings is 1. The summed E-state index contributed by atoms with van der Waals surface area (Å²) in [6, 6.07) is 6.85. The Balaban J connectivity index is 2.53. The molecule has 2 rings (SSSR count). The monoisotopic (exact) mass is 227 g/mol. The van der Waals surface area contributed by atoms with Crippen LogP contribution in [-0.2, 0) is 0 Å². The molecule has 5 nitrogen and oxygen atoms in total. The lowest BCUT2D eigenvalue weighted by Crippen LogP contribution is -2.02. The molecule has 0 radical (unpaired) electrons. The van der Waals surface area contributed by atoms with Crippen molar-refractivity contribution in [2.75, 3.05) is 0 Å². The number of rotatable bonds is 2. The van der Waals surface area contributed by atoms with E-state index in [1.807, 2.05) is 6.07 Å². The molecular formula is C12H9N3O2. The SMILES string of the molecule is Cc1cc(-n2ccnc2C#N)ccc1C(=O)O. The zero-order valence-electron chi connectivity index (χ0n) is 9.08.